The second-order valence-corrected chi connectivity index (χ2v) is 3.61. The molecule has 14 heavy (non-hydrogen) atoms. The molecule has 0 unspecified atom stereocenters. The molecule has 0 aliphatic rings. The summed E-state index contributed by atoms with van der Waals surface area (Å²) in [5.41, 5.74) is 8.36. The summed E-state index contributed by atoms with van der Waals surface area (Å²) in [6, 6.07) is 5.47. The lowest BCUT2D eigenvalue weighted by Gasteiger charge is -2.00. The van der Waals surface area contributed by atoms with E-state index in [1.807, 2.05) is 25.4 Å². The van der Waals surface area contributed by atoms with Crippen molar-refractivity contribution < 1.29 is 0 Å². The maximum absolute atomic E-state index is 5.90. The van der Waals surface area contributed by atoms with Crippen LogP contribution in [0.2, 0.25) is 5.02 Å². The van der Waals surface area contributed by atoms with Gasteiger partial charge in [0.25, 0.3) is 0 Å². The van der Waals surface area contributed by atoms with Gasteiger partial charge in [0.2, 0.25) is 0 Å². The summed E-state index contributed by atoms with van der Waals surface area (Å²) in [6.07, 6.45) is 3.70. The lowest BCUT2D eigenvalue weighted by atomic mass is 10.1. The SMILES string of the molecule is Cn1cc(-c2cc(N)cc(Cl)c2)cn1. The Labute approximate surface area is 87.1 Å². The van der Waals surface area contributed by atoms with E-state index in [0.717, 1.165) is 11.1 Å². The van der Waals surface area contributed by atoms with Crippen molar-refractivity contribution in [3.63, 3.8) is 0 Å². The Kier molecular flexibility index (Phi) is 2.17. The van der Waals surface area contributed by atoms with E-state index in [1.54, 1.807) is 16.9 Å². The highest BCUT2D eigenvalue weighted by Gasteiger charge is 2.02. The highest BCUT2D eigenvalue weighted by atomic mass is 35.5. The predicted molar refractivity (Wildman–Crippen MR) is 58.1 cm³/mol. The molecule has 0 aliphatic carbocycles. The summed E-state index contributed by atoms with van der Waals surface area (Å²) >= 11 is 5.90. The Balaban J connectivity index is 2.51. The Hall–Kier alpha value is -1.48. The van der Waals surface area contributed by atoms with Gasteiger partial charge in [-0.3, -0.25) is 4.68 Å². The fraction of sp³-hybridized carbons (Fsp3) is 0.100. The summed E-state index contributed by atoms with van der Waals surface area (Å²) in [5, 5.41) is 4.73. The van der Waals surface area contributed by atoms with Crippen molar-refractivity contribution in [3.05, 3.63) is 35.6 Å². The molecule has 0 aliphatic heterocycles. The van der Waals surface area contributed by atoms with Gasteiger partial charge in [-0.15, -0.1) is 0 Å². The first-order valence-corrected chi connectivity index (χ1v) is 4.58. The zero-order valence-electron chi connectivity index (χ0n) is 7.74. The third-order valence-electron chi connectivity index (χ3n) is 1.96. The molecule has 0 fully saturated rings. The monoisotopic (exact) mass is 207 g/mol. The average Bonchev–Trinajstić information content (AvgIpc) is 2.50. The highest BCUT2D eigenvalue weighted by Crippen LogP contribution is 2.25. The van der Waals surface area contributed by atoms with Crippen molar-refractivity contribution in [2.24, 2.45) is 7.05 Å². The van der Waals surface area contributed by atoms with E-state index in [-0.39, 0.29) is 0 Å². The van der Waals surface area contributed by atoms with Gasteiger partial charge in [-0.05, 0) is 23.8 Å². The minimum atomic E-state index is 0.642. The summed E-state index contributed by atoms with van der Waals surface area (Å²) < 4.78 is 1.74. The number of halogens is 1. The van der Waals surface area contributed by atoms with Crippen LogP contribution in [0.15, 0.2) is 30.6 Å². The molecule has 3 nitrogen and oxygen atoms in total. The zero-order valence-corrected chi connectivity index (χ0v) is 8.49. The molecule has 1 aromatic carbocycles. The van der Waals surface area contributed by atoms with Gasteiger partial charge in [0.05, 0.1) is 6.20 Å². The quantitative estimate of drug-likeness (QED) is 0.730. The summed E-state index contributed by atoms with van der Waals surface area (Å²) in [4.78, 5) is 0. The molecule has 0 radical (unpaired) electrons. The molecule has 0 atom stereocenters. The van der Waals surface area contributed by atoms with Crippen LogP contribution in [0, 0.1) is 0 Å². The Morgan fingerprint density at radius 3 is 2.64 bits per heavy atom. The van der Waals surface area contributed by atoms with Crippen molar-refractivity contribution in [1.82, 2.24) is 9.78 Å². The molecule has 0 saturated heterocycles. The topological polar surface area (TPSA) is 43.8 Å². The number of aromatic nitrogens is 2. The van der Waals surface area contributed by atoms with Gasteiger partial charge in [-0.2, -0.15) is 5.10 Å². The van der Waals surface area contributed by atoms with Gasteiger partial charge < -0.3 is 5.73 Å². The fourth-order valence-corrected chi connectivity index (χ4v) is 1.59. The molecule has 0 spiro atoms. The molecule has 2 rings (SSSR count). The standard InChI is InChI=1S/C10H10ClN3/c1-14-6-8(5-13-14)7-2-9(11)4-10(12)3-7/h2-6H,12H2,1H3. The number of nitrogens with two attached hydrogens (primary N) is 1. The first-order chi connectivity index (χ1) is 6.65. The number of anilines is 1. The molecule has 0 bridgehead atoms. The maximum atomic E-state index is 5.90. The minimum absolute atomic E-state index is 0.642. The molecule has 2 N–H and O–H groups in total. The maximum Gasteiger partial charge on any atom is 0.0568 e. The molecule has 1 aromatic heterocycles. The number of aryl methyl sites for hydroxylation is 1. The third kappa shape index (κ3) is 1.72. The van der Waals surface area contributed by atoms with E-state index in [4.69, 9.17) is 17.3 Å². The van der Waals surface area contributed by atoms with E-state index in [0.29, 0.717) is 10.7 Å². The largest absolute Gasteiger partial charge is 0.399 e. The second-order valence-electron chi connectivity index (χ2n) is 3.18. The van der Waals surface area contributed by atoms with Crippen molar-refractivity contribution in [3.8, 4) is 11.1 Å². The molecule has 0 amide bonds. The Morgan fingerprint density at radius 2 is 2.07 bits per heavy atom. The first-order valence-electron chi connectivity index (χ1n) is 4.20. The second kappa shape index (κ2) is 3.35. The van der Waals surface area contributed by atoms with Crippen LogP contribution < -0.4 is 5.73 Å². The van der Waals surface area contributed by atoms with Crippen LogP contribution in [-0.4, -0.2) is 9.78 Å². The van der Waals surface area contributed by atoms with Gasteiger partial charge in [-0.25, -0.2) is 0 Å². The Bertz CT molecular complexity index is 442. The number of benzene rings is 1. The third-order valence-corrected chi connectivity index (χ3v) is 2.18. The van der Waals surface area contributed by atoms with Gasteiger partial charge in [0.1, 0.15) is 0 Å². The molecule has 72 valence electrons. The first kappa shape index (κ1) is 9.09. The minimum Gasteiger partial charge on any atom is -0.399 e. The van der Waals surface area contributed by atoms with Gasteiger partial charge in [0.15, 0.2) is 0 Å². The van der Waals surface area contributed by atoms with Crippen molar-refractivity contribution in [1.29, 1.82) is 0 Å². The fourth-order valence-electron chi connectivity index (χ4n) is 1.35. The molecule has 1 heterocycles. The molecule has 2 aromatic rings. The van der Waals surface area contributed by atoms with Gasteiger partial charge in [0, 0.05) is 29.5 Å². The molecule has 0 saturated carbocycles. The van der Waals surface area contributed by atoms with Crippen LogP contribution in [0.4, 0.5) is 5.69 Å². The van der Waals surface area contributed by atoms with E-state index < -0.39 is 0 Å². The lowest BCUT2D eigenvalue weighted by molar-refractivity contribution is 0.768. The summed E-state index contributed by atoms with van der Waals surface area (Å²) in [5.74, 6) is 0. The van der Waals surface area contributed by atoms with Crippen LogP contribution in [0.3, 0.4) is 0 Å². The Morgan fingerprint density at radius 1 is 1.29 bits per heavy atom. The number of hydrogen-bond donors (Lipinski definition) is 1. The summed E-state index contributed by atoms with van der Waals surface area (Å²) in [7, 11) is 1.87. The van der Waals surface area contributed by atoms with Crippen molar-refractivity contribution >= 4 is 17.3 Å². The molecular weight excluding hydrogens is 198 g/mol. The van der Waals surface area contributed by atoms with Crippen molar-refractivity contribution in [2.45, 2.75) is 0 Å². The van der Waals surface area contributed by atoms with Crippen molar-refractivity contribution in [2.75, 3.05) is 5.73 Å². The van der Waals surface area contributed by atoms with E-state index >= 15 is 0 Å². The van der Waals surface area contributed by atoms with Crippen LogP contribution in [0.25, 0.3) is 11.1 Å². The van der Waals surface area contributed by atoms with E-state index in [1.165, 1.54) is 0 Å². The van der Waals surface area contributed by atoms with Crippen LogP contribution in [-0.2, 0) is 7.05 Å². The number of rotatable bonds is 1. The molecule has 4 heteroatoms. The molecular formula is C10H10ClN3. The van der Waals surface area contributed by atoms with E-state index in [2.05, 4.69) is 5.10 Å². The zero-order chi connectivity index (χ0) is 10.1. The highest BCUT2D eigenvalue weighted by molar-refractivity contribution is 6.31. The van der Waals surface area contributed by atoms with E-state index in [9.17, 15) is 0 Å². The van der Waals surface area contributed by atoms with Crippen LogP contribution in [0.5, 0.6) is 0 Å². The number of nitrogens with zero attached hydrogens (tertiary/aromatic N) is 2. The van der Waals surface area contributed by atoms with Crippen LogP contribution >= 0.6 is 11.6 Å². The normalized spacial score (nSPS) is 10.4. The number of hydrogen-bond acceptors (Lipinski definition) is 2. The van der Waals surface area contributed by atoms with Gasteiger partial charge in [-0.1, -0.05) is 11.6 Å². The smallest absolute Gasteiger partial charge is 0.0568 e. The van der Waals surface area contributed by atoms with Gasteiger partial charge >= 0.3 is 0 Å². The number of nitrogen functional groups attached to an aromatic ring is 1. The predicted octanol–water partition coefficient (Wildman–Crippen LogP) is 2.32. The lowest BCUT2D eigenvalue weighted by Crippen LogP contribution is -1.86. The summed E-state index contributed by atoms with van der Waals surface area (Å²) in [6.45, 7) is 0. The average molecular weight is 208 g/mol. The van der Waals surface area contributed by atoms with Crippen LogP contribution in [0.1, 0.15) is 0 Å².